The minimum Gasteiger partial charge on any atom is -0.496 e. The lowest BCUT2D eigenvalue weighted by molar-refractivity contribution is -0.124. The van der Waals surface area contributed by atoms with Gasteiger partial charge in [-0.05, 0) is 13.1 Å². The minimum absolute atomic E-state index is 0.0993. The van der Waals surface area contributed by atoms with Gasteiger partial charge in [0.25, 0.3) is 0 Å². The van der Waals surface area contributed by atoms with Crippen molar-refractivity contribution in [1.82, 2.24) is 20.8 Å². The van der Waals surface area contributed by atoms with Crippen LogP contribution in [0.5, 0.6) is 5.75 Å². The number of hydrogen-bond donors (Lipinski definition) is 2. The molecule has 0 bridgehead atoms. The van der Waals surface area contributed by atoms with Gasteiger partial charge < -0.3 is 19.9 Å². The number of hydrogen-bond acceptors (Lipinski definition) is 6. The summed E-state index contributed by atoms with van der Waals surface area (Å²) in [5, 5.41) is 9.93. The fourth-order valence-corrected chi connectivity index (χ4v) is 2.30. The molecular weight excluding hydrogens is 296 g/mol. The van der Waals surface area contributed by atoms with Crippen molar-refractivity contribution in [3.63, 3.8) is 0 Å². The fraction of sp³-hybridized carbons (Fsp3) is 0.438. The molecule has 0 aliphatic rings. The number of ether oxygens (including phenoxy) is 1. The molecule has 1 heterocycles. The summed E-state index contributed by atoms with van der Waals surface area (Å²) in [5.74, 6) is 1.21. The molecule has 7 nitrogen and oxygen atoms in total. The zero-order chi connectivity index (χ0) is 16.8. The highest BCUT2D eigenvalue weighted by molar-refractivity contribution is 5.79. The van der Waals surface area contributed by atoms with Crippen molar-refractivity contribution in [1.29, 1.82) is 0 Å². The zero-order valence-corrected chi connectivity index (χ0v) is 13.8. The van der Waals surface area contributed by atoms with Crippen molar-refractivity contribution in [3.8, 4) is 5.75 Å². The van der Waals surface area contributed by atoms with E-state index in [1.165, 1.54) is 0 Å². The van der Waals surface area contributed by atoms with Crippen LogP contribution >= 0.6 is 0 Å². The highest BCUT2D eigenvalue weighted by Gasteiger charge is 2.26. The third-order valence-corrected chi connectivity index (χ3v) is 3.50. The number of aryl methyl sites for hydroxylation is 1. The number of carbonyl (C=O) groups excluding carboxylic acids is 1. The molecule has 2 atom stereocenters. The van der Waals surface area contributed by atoms with E-state index in [1.54, 1.807) is 14.0 Å². The molecular formula is C16H22N4O3. The Hall–Kier alpha value is -2.41. The predicted molar refractivity (Wildman–Crippen MR) is 85.1 cm³/mol. The van der Waals surface area contributed by atoms with E-state index < -0.39 is 6.04 Å². The molecule has 1 aromatic heterocycles. The maximum atomic E-state index is 12.4. The monoisotopic (exact) mass is 318 g/mol. The largest absolute Gasteiger partial charge is 0.496 e. The fourth-order valence-electron chi connectivity index (χ4n) is 2.30. The molecule has 0 spiro atoms. The van der Waals surface area contributed by atoms with Crippen LogP contribution in [0.25, 0.3) is 0 Å². The van der Waals surface area contributed by atoms with Gasteiger partial charge in [-0.15, -0.1) is 0 Å². The van der Waals surface area contributed by atoms with Gasteiger partial charge in [-0.25, -0.2) is 0 Å². The van der Waals surface area contributed by atoms with Gasteiger partial charge in [-0.3, -0.25) is 4.79 Å². The summed E-state index contributed by atoms with van der Waals surface area (Å²) in [7, 11) is 3.40. The maximum Gasteiger partial charge on any atom is 0.224 e. The van der Waals surface area contributed by atoms with Gasteiger partial charge >= 0.3 is 0 Å². The summed E-state index contributed by atoms with van der Waals surface area (Å²) in [5.41, 5.74) is 0.779. The van der Waals surface area contributed by atoms with Crippen molar-refractivity contribution in [2.24, 2.45) is 5.92 Å². The second-order valence-corrected chi connectivity index (χ2v) is 5.31. The van der Waals surface area contributed by atoms with E-state index in [1.807, 2.05) is 38.2 Å². The highest BCUT2D eigenvalue weighted by atomic mass is 16.5. The number of aromatic nitrogens is 2. The highest BCUT2D eigenvalue weighted by Crippen LogP contribution is 2.28. The molecule has 2 aromatic rings. The second-order valence-electron chi connectivity index (χ2n) is 5.31. The van der Waals surface area contributed by atoms with Gasteiger partial charge in [0.2, 0.25) is 11.8 Å². The second kappa shape index (κ2) is 7.73. The molecule has 124 valence electrons. The number of rotatable bonds is 7. The van der Waals surface area contributed by atoms with Gasteiger partial charge in [-0.1, -0.05) is 30.3 Å². The van der Waals surface area contributed by atoms with Crippen LogP contribution in [0.2, 0.25) is 0 Å². The Labute approximate surface area is 135 Å². The molecule has 1 amide bonds. The SMILES string of the molecule is CNCC(C)C(=O)NC(c1noc(C)n1)c1ccccc1OC. The Morgan fingerprint density at radius 1 is 1.39 bits per heavy atom. The van der Waals surface area contributed by atoms with Crippen LogP contribution in [0, 0.1) is 12.8 Å². The Bertz CT molecular complexity index is 656. The van der Waals surface area contributed by atoms with E-state index in [-0.39, 0.29) is 11.8 Å². The Morgan fingerprint density at radius 2 is 2.13 bits per heavy atom. The number of carbonyl (C=O) groups is 1. The molecule has 2 rings (SSSR count). The van der Waals surface area contributed by atoms with E-state index >= 15 is 0 Å². The number of methoxy groups -OCH3 is 1. The predicted octanol–water partition coefficient (Wildman–Crippen LogP) is 1.45. The average molecular weight is 318 g/mol. The van der Waals surface area contributed by atoms with Gasteiger partial charge in [0.05, 0.1) is 7.11 Å². The van der Waals surface area contributed by atoms with Crippen molar-refractivity contribution in [3.05, 3.63) is 41.5 Å². The first-order valence-corrected chi connectivity index (χ1v) is 7.45. The van der Waals surface area contributed by atoms with Crippen LogP contribution in [0.3, 0.4) is 0 Å². The number of para-hydroxylation sites is 1. The number of nitrogens with one attached hydrogen (secondary N) is 2. The lowest BCUT2D eigenvalue weighted by atomic mass is 10.0. The first-order chi connectivity index (χ1) is 11.1. The summed E-state index contributed by atoms with van der Waals surface area (Å²) in [6.45, 7) is 4.14. The lowest BCUT2D eigenvalue weighted by Crippen LogP contribution is -2.37. The summed E-state index contributed by atoms with van der Waals surface area (Å²) >= 11 is 0. The molecule has 0 saturated heterocycles. The normalized spacial score (nSPS) is 13.4. The van der Waals surface area contributed by atoms with E-state index in [9.17, 15) is 4.79 Å². The summed E-state index contributed by atoms with van der Waals surface area (Å²) in [6.07, 6.45) is 0. The molecule has 2 N–H and O–H groups in total. The summed E-state index contributed by atoms with van der Waals surface area (Å²) in [6, 6.07) is 6.92. The van der Waals surface area contributed by atoms with Gasteiger partial charge in [0.1, 0.15) is 11.8 Å². The van der Waals surface area contributed by atoms with Crippen molar-refractivity contribution in [2.45, 2.75) is 19.9 Å². The van der Waals surface area contributed by atoms with E-state index in [0.717, 1.165) is 5.56 Å². The number of nitrogens with zero attached hydrogens (tertiary/aromatic N) is 2. The molecule has 0 saturated carbocycles. The quantitative estimate of drug-likeness (QED) is 0.803. The molecule has 2 unspecified atom stereocenters. The van der Waals surface area contributed by atoms with Crippen molar-refractivity contribution >= 4 is 5.91 Å². The Balaban J connectivity index is 2.35. The van der Waals surface area contributed by atoms with Gasteiger partial charge in [0.15, 0.2) is 5.82 Å². The van der Waals surface area contributed by atoms with E-state index in [2.05, 4.69) is 20.8 Å². The Kier molecular flexibility index (Phi) is 5.70. The Morgan fingerprint density at radius 3 is 2.74 bits per heavy atom. The number of amides is 1. The van der Waals surface area contributed by atoms with Crippen LogP contribution in [-0.4, -0.2) is 36.8 Å². The standard InChI is InChI=1S/C16H22N4O3/c1-10(9-17-3)16(21)19-14(15-18-11(2)23-20-15)12-7-5-6-8-13(12)22-4/h5-8,10,14,17H,9H2,1-4H3,(H,19,21). The van der Waals surface area contributed by atoms with Crippen LogP contribution in [-0.2, 0) is 4.79 Å². The average Bonchev–Trinajstić information content (AvgIpc) is 2.98. The molecule has 0 aliphatic heterocycles. The van der Waals surface area contributed by atoms with Crippen LogP contribution < -0.4 is 15.4 Å². The van der Waals surface area contributed by atoms with Crippen LogP contribution in [0.15, 0.2) is 28.8 Å². The third-order valence-electron chi connectivity index (χ3n) is 3.50. The van der Waals surface area contributed by atoms with E-state index in [0.29, 0.717) is 24.0 Å². The first-order valence-electron chi connectivity index (χ1n) is 7.45. The molecule has 0 radical (unpaired) electrons. The first kappa shape index (κ1) is 17.0. The minimum atomic E-state index is -0.532. The van der Waals surface area contributed by atoms with Gasteiger partial charge in [0, 0.05) is 24.9 Å². The smallest absolute Gasteiger partial charge is 0.224 e. The van der Waals surface area contributed by atoms with Crippen molar-refractivity contribution in [2.75, 3.05) is 20.7 Å². The molecule has 0 aliphatic carbocycles. The third kappa shape index (κ3) is 4.07. The molecule has 23 heavy (non-hydrogen) atoms. The van der Waals surface area contributed by atoms with Crippen molar-refractivity contribution < 1.29 is 14.1 Å². The number of benzene rings is 1. The van der Waals surface area contributed by atoms with Crippen LogP contribution in [0.1, 0.15) is 30.2 Å². The van der Waals surface area contributed by atoms with E-state index in [4.69, 9.17) is 9.26 Å². The van der Waals surface area contributed by atoms with Crippen LogP contribution in [0.4, 0.5) is 0 Å². The summed E-state index contributed by atoms with van der Waals surface area (Å²) in [4.78, 5) is 16.7. The lowest BCUT2D eigenvalue weighted by Gasteiger charge is -2.20. The summed E-state index contributed by atoms with van der Waals surface area (Å²) < 4.78 is 10.5. The zero-order valence-electron chi connectivity index (χ0n) is 13.8. The topological polar surface area (TPSA) is 89.3 Å². The molecule has 1 aromatic carbocycles. The molecule has 0 fully saturated rings. The molecule has 7 heteroatoms. The maximum absolute atomic E-state index is 12.4. The van der Waals surface area contributed by atoms with Gasteiger partial charge in [-0.2, -0.15) is 4.98 Å².